The Balaban J connectivity index is 1.31. The molecular weight excluding hydrogens is 500 g/mol. The van der Waals surface area contributed by atoms with Crippen LogP contribution in [0.3, 0.4) is 0 Å². The molecule has 38 heavy (non-hydrogen) atoms. The van der Waals surface area contributed by atoms with E-state index in [4.69, 9.17) is 4.74 Å². The highest BCUT2D eigenvalue weighted by Crippen LogP contribution is 2.51. The van der Waals surface area contributed by atoms with Gasteiger partial charge in [-0.05, 0) is 60.7 Å². The van der Waals surface area contributed by atoms with Crippen molar-refractivity contribution in [3.8, 4) is 17.6 Å². The average Bonchev–Trinajstić information content (AvgIpc) is 3.18. The minimum atomic E-state index is -3.37. The van der Waals surface area contributed by atoms with Gasteiger partial charge in [-0.15, -0.1) is 0 Å². The first-order valence-electron chi connectivity index (χ1n) is 12.1. The fraction of sp³-hybridized carbons (Fsp3) is 0.207. The van der Waals surface area contributed by atoms with E-state index in [0.29, 0.717) is 22.9 Å². The number of benzene rings is 2. The number of fused-ring (bicyclic) bond motifs is 3. The van der Waals surface area contributed by atoms with Gasteiger partial charge in [0.2, 0.25) is 5.91 Å². The summed E-state index contributed by atoms with van der Waals surface area (Å²) in [5.74, 6) is 7.37. The molecular formula is C29H24N4O4S. The average molecular weight is 525 g/mol. The first-order valence-corrected chi connectivity index (χ1v) is 14.0. The molecule has 9 heteroatoms. The Morgan fingerprint density at radius 1 is 1.05 bits per heavy atom. The van der Waals surface area contributed by atoms with E-state index in [9.17, 15) is 13.2 Å². The molecule has 0 unspecified atom stereocenters. The van der Waals surface area contributed by atoms with Gasteiger partial charge >= 0.3 is 0 Å². The molecule has 1 amide bonds. The maximum atomic E-state index is 12.5. The topological polar surface area (TPSA) is 110 Å². The summed E-state index contributed by atoms with van der Waals surface area (Å²) >= 11 is 0. The van der Waals surface area contributed by atoms with Gasteiger partial charge in [0.15, 0.2) is 9.84 Å². The van der Waals surface area contributed by atoms with Gasteiger partial charge in [-0.2, -0.15) is 0 Å². The Morgan fingerprint density at radius 3 is 2.63 bits per heavy atom. The zero-order valence-electron chi connectivity index (χ0n) is 20.8. The molecule has 4 aromatic rings. The molecule has 3 heterocycles. The summed E-state index contributed by atoms with van der Waals surface area (Å²) < 4.78 is 29.2. The predicted molar refractivity (Wildman–Crippen MR) is 146 cm³/mol. The van der Waals surface area contributed by atoms with E-state index in [1.165, 1.54) is 19.2 Å². The van der Waals surface area contributed by atoms with Crippen LogP contribution in [0.2, 0.25) is 0 Å². The Morgan fingerprint density at radius 2 is 1.89 bits per heavy atom. The van der Waals surface area contributed by atoms with Crippen LogP contribution in [0.25, 0.3) is 10.8 Å². The summed E-state index contributed by atoms with van der Waals surface area (Å²) in [7, 11) is -1.89. The third kappa shape index (κ3) is 4.03. The molecule has 6 rings (SSSR count). The summed E-state index contributed by atoms with van der Waals surface area (Å²) in [6, 6.07) is 14.3. The number of carbonyl (C=O) groups is 1. The number of aromatic nitrogens is 2. The van der Waals surface area contributed by atoms with Crippen molar-refractivity contribution in [2.45, 2.75) is 29.6 Å². The SMILES string of the molecule is COc1cc(S(C)(=O)=O)ccc1Nc1cc2c(C#Cc3ccc4c(c3)NC(=O)C43CCC3)nccc2cn1. The highest BCUT2D eigenvalue weighted by molar-refractivity contribution is 7.90. The number of amides is 1. The summed E-state index contributed by atoms with van der Waals surface area (Å²) in [4.78, 5) is 21.7. The Kier molecular flexibility index (Phi) is 5.58. The molecule has 0 radical (unpaired) electrons. The molecule has 2 aliphatic rings. The maximum absolute atomic E-state index is 12.5. The lowest BCUT2D eigenvalue weighted by Crippen LogP contribution is -2.40. The van der Waals surface area contributed by atoms with Crippen molar-refractivity contribution in [1.29, 1.82) is 0 Å². The minimum absolute atomic E-state index is 0.0923. The second kappa shape index (κ2) is 8.85. The van der Waals surface area contributed by atoms with Crippen LogP contribution in [-0.4, -0.2) is 37.7 Å². The van der Waals surface area contributed by atoms with Crippen molar-refractivity contribution in [3.63, 3.8) is 0 Å². The van der Waals surface area contributed by atoms with Crippen molar-refractivity contribution < 1.29 is 17.9 Å². The summed E-state index contributed by atoms with van der Waals surface area (Å²) in [6.07, 6.45) is 7.44. The van der Waals surface area contributed by atoms with Crippen molar-refractivity contribution in [3.05, 3.63) is 77.7 Å². The molecule has 8 nitrogen and oxygen atoms in total. The number of rotatable bonds is 4. The third-order valence-electron chi connectivity index (χ3n) is 7.26. The highest BCUT2D eigenvalue weighted by atomic mass is 32.2. The molecule has 0 saturated heterocycles. The van der Waals surface area contributed by atoms with Crippen molar-refractivity contribution in [1.82, 2.24) is 9.97 Å². The smallest absolute Gasteiger partial charge is 0.235 e. The number of hydrogen-bond donors (Lipinski definition) is 2. The lowest BCUT2D eigenvalue weighted by Gasteiger charge is -2.36. The van der Waals surface area contributed by atoms with E-state index in [0.717, 1.165) is 53.1 Å². The van der Waals surface area contributed by atoms with Crippen LogP contribution < -0.4 is 15.4 Å². The molecule has 0 bridgehead atoms. The largest absolute Gasteiger partial charge is 0.495 e. The molecule has 1 fully saturated rings. The van der Waals surface area contributed by atoms with Gasteiger partial charge in [0.05, 0.1) is 23.1 Å². The summed E-state index contributed by atoms with van der Waals surface area (Å²) in [6.45, 7) is 0. The van der Waals surface area contributed by atoms with Gasteiger partial charge in [-0.25, -0.2) is 18.4 Å². The van der Waals surface area contributed by atoms with Crippen molar-refractivity contribution in [2.24, 2.45) is 0 Å². The van der Waals surface area contributed by atoms with Crippen LogP contribution >= 0.6 is 0 Å². The van der Waals surface area contributed by atoms with Crippen molar-refractivity contribution >= 4 is 43.7 Å². The summed E-state index contributed by atoms with van der Waals surface area (Å²) in [5.41, 5.74) is 3.54. The normalized spacial score (nSPS) is 15.3. The predicted octanol–water partition coefficient (Wildman–Crippen LogP) is 4.56. The zero-order chi connectivity index (χ0) is 26.5. The van der Waals surface area contributed by atoms with Crippen LogP contribution in [-0.2, 0) is 20.0 Å². The Bertz CT molecular complexity index is 1800. The second-order valence-electron chi connectivity index (χ2n) is 9.61. The van der Waals surface area contributed by atoms with E-state index < -0.39 is 9.84 Å². The second-order valence-corrected chi connectivity index (χ2v) is 11.6. The number of pyridine rings is 2. The van der Waals surface area contributed by atoms with Gasteiger partial charge in [-0.1, -0.05) is 18.4 Å². The number of hydrogen-bond acceptors (Lipinski definition) is 7. The Hall–Kier alpha value is -4.42. The van der Waals surface area contributed by atoms with Gasteiger partial charge in [0, 0.05) is 46.7 Å². The molecule has 1 saturated carbocycles. The fourth-order valence-electron chi connectivity index (χ4n) is 5.04. The lowest BCUT2D eigenvalue weighted by atomic mass is 9.65. The van der Waals surface area contributed by atoms with Crippen LogP contribution in [0.4, 0.5) is 17.2 Å². The minimum Gasteiger partial charge on any atom is -0.495 e. The van der Waals surface area contributed by atoms with Crippen LogP contribution in [0, 0.1) is 11.8 Å². The van der Waals surface area contributed by atoms with Gasteiger partial charge in [0.25, 0.3) is 0 Å². The van der Waals surface area contributed by atoms with Gasteiger partial charge < -0.3 is 15.4 Å². The number of ether oxygens (including phenoxy) is 1. The first kappa shape index (κ1) is 23.9. The van der Waals surface area contributed by atoms with E-state index in [1.807, 2.05) is 30.3 Å². The molecule has 2 aromatic carbocycles. The number of nitrogens with zero attached hydrogens (tertiary/aromatic N) is 2. The molecule has 0 atom stereocenters. The third-order valence-corrected chi connectivity index (χ3v) is 8.37. The molecule has 190 valence electrons. The van der Waals surface area contributed by atoms with E-state index >= 15 is 0 Å². The molecule has 1 aliphatic carbocycles. The van der Waals surface area contributed by atoms with E-state index in [-0.39, 0.29) is 16.2 Å². The maximum Gasteiger partial charge on any atom is 0.235 e. The molecule has 1 aliphatic heterocycles. The number of nitrogens with one attached hydrogen (secondary N) is 2. The molecule has 2 aromatic heterocycles. The van der Waals surface area contributed by atoms with Gasteiger partial charge in [-0.3, -0.25) is 4.79 Å². The quantitative estimate of drug-likeness (QED) is 0.377. The van der Waals surface area contributed by atoms with Crippen molar-refractivity contribution in [2.75, 3.05) is 24.0 Å². The van der Waals surface area contributed by atoms with Crippen LogP contribution in [0.1, 0.15) is 36.1 Å². The first-order chi connectivity index (χ1) is 18.3. The van der Waals surface area contributed by atoms with E-state index in [1.54, 1.807) is 18.5 Å². The van der Waals surface area contributed by atoms with Gasteiger partial charge in [0.1, 0.15) is 17.3 Å². The zero-order valence-corrected chi connectivity index (χ0v) is 21.6. The standard InChI is InChI=1S/C29H24N4O4S/c1-37-26-15-20(38(2,35)36)6-9-24(26)32-27-16-21-19(17-31-27)10-13-30-23(21)8-5-18-4-7-22-25(14-18)33-28(34)29(22)11-3-12-29/h4,6-7,9-10,13-17H,3,11-12H2,1-2H3,(H,31,32)(H,33,34). The number of carbonyl (C=O) groups excluding carboxylic acids is 1. The molecule has 2 N–H and O–H groups in total. The number of sulfone groups is 1. The highest BCUT2D eigenvalue weighted by Gasteiger charge is 2.50. The Labute approximate surface area is 220 Å². The number of anilines is 3. The molecule has 1 spiro atoms. The van der Waals surface area contributed by atoms with Crippen LogP contribution in [0.15, 0.2) is 65.8 Å². The van der Waals surface area contributed by atoms with E-state index in [2.05, 4.69) is 32.4 Å². The van der Waals surface area contributed by atoms with Crippen LogP contribution in [0.5, 0.6) is 5.75 Å². The number of methoxy groups -OCH3 is 1. The monoisotopic (exact) mass is 524 g/mol. The fourth-order valence-corrected chi connectivity index (χ4v) is 5.68. The lowest BCUT2D eigenvalue weighted by molar-refractivity contribution is -0.123. The summed E-state index contributed by atoms with van der Waals surface area (Å²) in [5, 5.41) is 7.92.